The van der Waals surface area contributed by atoms with Gasteiger partial charge in [0.25, 0.3) is 0 Å². The summed E-state index contributed by atoms with van der Waals surface area (Å²) >= 11 is 0. The summed E-state index contributed by atoms with van der Waals surface area (Å²) in [7, 11) is 0. The molecule has 2 atom stereocenters. The van der Waals surface area contributed by atoms with Crippen molar-refractivity contribution >= 4 is 5.97 Å². The van der Waals surface area contributed by atoms with Gasteiger partial charge in [-0.1, -0.05) is 6.58 Å². The second kappa shape index (κ2) is 7.39. The van der Waals surface area contributed by atoms with E-state index in [0.717, 1.165) is 0 Å². The number of hydrogen-bond acceptors (Lipinski definition) is 5. The Morgan fingerprint density at radius 3 is 2.60 bits per heavy atom. The Morgan fingerprint density at radius 2 is 2.20 bits per heavy atom. The van der Waals surface area contributed by atoms with Crippen LogP contribution in [0.3, 0.4) is 0 Å². The predicted octanol–water partition coefficient (Wildman–Crippen LogP) is -0.215. The van der Waals surface area contributed by atoms with Gasteiger partial charge in [-0.05, 0) is 20.3 Å². The molecule has 3 N–H and O–H groups in total. The number of carbonyl (C=O) groups is 1. The van der Waals surface area contributed by atoms with Gasteiger partial charge in [0.05, 0.1) is 0 Å². The molecular weight excluding hydrogens is 198 g/mol. The molecule has 0 saturated carbocycles. The van der Waals surface area contributed by atoms with Gasteiger partial charge in [-0.2, -0.15) is 0 Å². The van der Waals surface area contributed by atoms with E-state index >= 15 is 0 Å². The quantitative estimate of drug-likeness (QED) is 0.238. The Balaban J connectivity index is 4.04. The maximum absolute atomic E-state index is 11.2. The van der Waals surface area contributed by atoms with Gasteiger partial charge in [-0.25, -0.2) is 4.79 Å². The van der Waals surface area contributed by atoms with Crippen molar-refractivity contribution in [1.29, 1.82) is 0 Å². The summed E-state index contributed by atoms with van der Waals surface area (Å²) in [5.74, 6) is -0.544. The van der Waals surface area contributed by atoms with Gasteiger partial charge in [0.1, 0.15) is 6.10 Å². The Hall–Kier alpha value is -0.910. The number of ether oxygens (including phenoxy) is 1. The van der Waals surface area contributed by atoms with E-state index in [1.807, 2.05) is 0 Å². The molecule has 2 unspecified atom stereocenters. The average Bonchev–Trinajstić information content (AvgIpc) is 2.15. The lowest BCUT2D eigenvalue weighted by Crippen LogP contribution is -2.42. The molecule has 5 nitrogen and oxygen atoms in total. The van der Waals surface area contributed by atoms with Gasteiger partial charge in [0, 0.05) is 18.7 Å². The van der Waals surface area contributed by atoms with Crippen LogP contribution in [0.5, 0.6) is 0 Å². The van der Waals surface area contributed by atoms with Gasteiger partial charge in [0.2, 0.25) is 0 Å². The topological polar surface area (TPSA) is 78.8 Å². The number of esters is 1. The van der Waals surface area contributed by atoms with Crippen LogP contribution >= 0.6 is 0 Å². The van der Waals surface area contributed by atoms with Crippen molar-refractivity contribution in [2.75, 3.05) is 13.2 Å². The first-order chi connectivity index (χ1) is 6.99. The van der Waals surface area contributed by atoms with E-state index in [1.165, 1.54) is 13.8 Å². The maximum atomic E-state index is 11.2. The molecule has 0 bridgehead atoms. The molecule has 5 heteroatoms. The molecule has 0 aliphatic carbocycles. The standard InChI is InChI=1S/C10H19NO4/c1-7(2)10(14)15-9(8(3)13)11-5-4-6-12/h8-9,11-13H,1,4-6H2,2-3H3. The van der Waals surface area contributed by atoms with Crippen LogP contribution in [0, 0.1) is 0 Å². The van der Waals surface area contributed by atoms with Crippen molar-refractivity contribution in [1.82, 2.24) is 5.32 Å². The number of nitrogens with one attached hydrogen (secondary N) is 1. The molecule has 88 valence electrons. The zero-order chi connectivity index (χ0) is 11.8. The van der Waals surface area contributed by atoms with E-state index in [2.05, 4.69) is 11.9 Å². The maximum Gasteiger partial charge on any atom is 0.334 e. The highest BCUT2D eigenvalue weighted by Crippen LogP contribution is 2.00. The number of rotatable bonds is 7. The lowest BCUT2D eigenvalue weighted by molar-refractivity contribution is -0.152. The van der Waals surface area contributed by atoms with E-state index in [-0.39, 0.29) is 12.2 Å². The van der Waals surface area contributed by atoms with Crippen LogP contribution in [-0.4, -0.2) is 41.7 Å². The summed E-state index contributed by atoms with van der Waals surface area (Å²) < 4.78 is 4.94. The highest BCUT2D eigenvalue weighted by Gasteiger charge is 2.18. The Kier molecular flexibility index (Phi) is 6.94. The van der Waals surface area contributed by atoms with Crippen LogP contribution in [-0.2, 0) is 9.53 Å². The number of carbonyl (C=O) groups excluding carboxylic acids is 1. The van der Waals surface area contributed by atoms with E-state index in [0.29, 0.717) is 13.0 Å². The van der Waals surface area contributed by atoms with E-state index in [4.69, 9.17) is 9.84 Å². The zero-order valence-corrected chi connectivity index (χ0v) is 9.19. The molecule has 0 rings (SSSR count). The van der Waals surface area contributed by atoms with Crippen molar-refractivity contribution in [2.24, 2.45) is 0 Å². The number of hydrogen-bond donors (Lipinski definition) is 3. The molecule has 15 heavy (non-hydrogen) atoms. The lowest BCUT2D eigenvalue weighted by atomic mass is 10.3. The zero-order valence-electron chi connectivity index (χ0n) is 9.19. The predicted molar refractivity (Wildman–Crippen MR) is 56.1 cm³/mol. The first-order valence-electron chi connectivity index (χ1n) is 4.87. The number of aliphatic hydroxyl groups excluding tert-OH is 2. The summed E-state index contributed by atoms with van der Waals surface area (Å²) in [5.41, 5.74) is 0.282. The van der Waals surface area contributed by atoms with Gasteiger partial charge < -0.3 is 14.9 Å². The molecule has 0 amide bonds. The fourth-order valence-electron chi connectivity index (χ4n) is 0.850. The van der Waals surface area contributed by atoms with Crippen molar-refractivity contribution in [3.63, 3.8) is 0 Å². The minimum absolute atomic E-state index is 0.0496. The molecule has 0 aromatic rings. The Labute approximate surface area is 89.7 Å². The number of aliphatic hydroxyl groups is 2. The summed E-state index contributed by atoms with van der Waals surface area (Å²) in [6.07, 6.45) is -1.04. The second-order valence-electron chi connectivity index (χ2n) is 3.38. The molecule has 0 radical (unpaired) electrons. The first-order valence-corrected chi connectivity index (χ1v) is 4.87. The van der Waals surface area contributed by atoms with Gasteiger partial charge in [-0.15, -0.1) is 0 Å². The SMILES string of the molecule is C=C(C)C(=O)OC(NCCCO)C(C)O. The highest BCUT2D eigenvalue weighted by atomic mass is 16.6. The molecule has 0 heterocycles. The molecule has 0 saturated heterocycles. The van der Waals surface area contributed by atoms with Crippen LogP contribution in [0.1, 0.15) is 20.3 Å². The Morgan fingerprint density at radius 1 is 1.60 bits per heavy atom. The fourth-order valence-corrected chi connectivity index (χ4v) is 0.850. The third-order valence-corrected chi connectivity index (χ3v) is 1.70. The molecule has 0 aliphatic rings. The lowest BCUT2D eigenvalue weighted by Gasteiger charge is -2.21. The molecule has 0 aliphatic heterocycles. The van der Waals surface area contributed by atoms with Crippen molar-refractivity contribution in [3.05, 3.63) is 12.2 Å². The van der Waals surface area contributed by atoms with Crippen LogP contribution in [0.15, 0.2) is 12.2 Å². The monoisotopic (exact) mass is 217 g/mol. The van der Waals surface area contributed by atoms with Gasteiger partial charge >= 0.3 is 5.97 Å². The van der Waals surface area contributed by atoms with E-state index in [1.54, 1.807) is 0 Å². The van der Waals surface area contributed by atoms with Crippen LogP contribution < -0.4 is 5.32 Å². The van der Waals surface area contributed by atoms with Gasteiger partial charge in [-0.3, -0.25) is 5.32 Å². The molecule has 0 fully saturated rings. The van der Waals surface area contributed by atoms with Crippen LogP contribution in [0.25, 0.3) is 0 Å². The van der Waals surface area contributed by atoms with Crippen molar-refractivity contribution in [3.8, 4) is 0 Å². The highest BCUT2D eigenvalue weighted by molar-refractivity contribution is 5.87. The summed E-state index contributed by atoms with van der Waals surface area (Å²) in [6.45, 7) is 7.01. The van der Waals surface area contributed by atoms with Crippen LogP contribution in [0.4, 0.5) is 0 Å². The third kappa shape index (κ3) is 6.22. The van der Waals surface area contributed by atoms with E-state index < -0.39 is 18.3 Å². The largest absolute Gasteiger partial charge is 0.440 e. The van der Waals surface area contributed by atoms with E-state index in [9.17, 15) is 9.90 Å². The van der Waals surface area contributed by atoms with Crippen molar-refractivity contribution < 1.29 is 19.7 Å². The second-order valence-corrected chi connectivity index (χ2v) is 3.38. The van der Waals surface area contributed by atoms with Crippen LogP contribution in [0.2, 0.25) is 0 Å². The Bertz CT molecular complexity index is 215. The minimum atomic E-state index is -0.813. The molecule has 0 spiro atoms. The van der Waals surface area contributed by atoms with Crippen molar-refractivity contribution in [2.45, 2.75) is 32.6 Å². The fraction of sp³-hybridized carbons (Fsp3) is 0.700. The van der Waals surface area contributed by atoms with Gasteiger partial charge in [0.15, 0.2) is 6.23 Å². The minimum Gasteiger partial charge on any atom is -0.440 e. The summed E-state index contributed by atoms with van der Waals surface area (Å²) in [5, 5.41) is 20.7. The molecular formula is C10H19NO4. The molecule has 0 aromatic carbocycles. The third-order valence-electron chi connectivity index (χ3n) is 1.70. The summed E-state index contributed by atoms with van der Waals surface area (Å²) in [6, 6.07) is 0. The first kappa shape index (κ1) is 14.1. The smallest absolute Gasteiger partial charge is 0.334 e. The average molecular weight is 217 g/mol. The normalized spacial score (nSPS) is 14.4. The molecule has 0 aromatic heterocycles. The summed E-state index contributed by atoms with van der Waals surface area (Å²) in [4.78, 5) is 11.2.